The monoisotopic (exact) mass is 257 g/mol. The molecular weight excluding hydrogens is 238 g/mol. The Kier molecular flexibility index (Phi) is 4.17. The van der Waals surface area contributed by atoms with Crippen molar-refractivity contribution in [3.8, 4) is 5.75 Å². The van der Waals surface area contributed by atoms with Gasteiger partial charge in [0.05, 0.1) is 12.8 Å². The first-order valence-electron chi connectivity index (χ1n) is 6.34. The number of nitrogens with zero attached hydrogens (tertiary/aromatic N) is 1. The fraction of sp³-hybridized carbons (Fsp3) is 0.312. The Balaban J connectivity index is 2.17. The second-order valence-electron chi connectivity index (χ2n) is 4.79. The van der Waals surface area contributed by atoms with Gasteiger partial charge in [0.25, 0.3) is 0 Å². The molecule has 0 aliphatic rings. The summed E-state index contributed by atoms with van der Waals surface area (Å²) < 4.78 is 5.18. The summed E-state index contributed by atoms with van der Waals surface area (Å²) in [5, 5.41) is 10.3. The number of aryl methyl sites for hydroxylation is 2. The second kappa shape index (κ2) is 5.85. The summed E-state index contributed by atoms with van der Waals surface area (Å²) in [7, 11) is 1.64. The summed E-state index contributed by atoms with van der Waals surface area (Å²) in [6, 6.07) is 9.78. The van der Waals surface area contributed by atoms with Crippen LogP contribution in [0.25, 0.3) is 0 Å². The highest BCUT2D eigenvalue weighted by Gasteiger charge is 2.13. The van der Waals surface area contributed by atoms with Crippen molar-refractivity contribution in [2.45, 2.75) is 26.4 Å². The van der Waals surface area contributed by atoms with Crippen LogP contribution in [0.15, 0.2) is 36.5 Å². The highest BCUT2D eigenvalue weighted by Crippen LogP contribution is 2.22. The number of ether oxygens (including phenoxy) is 1. The van der Waals surface area contributed by atoms with Crippen LogP contribution in [0.1, 0.15) is 28.5 Å². The van der Waals surface area contributed by atoms with Crippen LogP contribution < -0.4 is 4.74 Å². The third-order valence-electron chi connectivity index (χ3n) is 3.13. The average Bonchev–Trinajstić information content (AvgIpc) is 2.38. The Morgan fingerprint density at radius 3 is 2.74 bits per heavy atom. The molecule has 0 fully saturated rings. The lowest BCUT2D eigenvalue weighted by Gasteiger charge is -2.13. The largest absolute Gasteiger partial charge is 0.497 e. The maximum Gasteiger partial charge on any atom is 0.119 e. The number of hydrogen-bond acceptors (Lipinski definition) is 3. The molecular formula is C16H19NO2. The molecule has 0 saturated carbocycles. The van der Waals surface area contributed by atoms with Crippen molar-refractivity contribution < 1.29 is 9.84 Å². The molecule has 100 valence electrons. The maximum absolute atomic E-state index is 10.3. The number of aliphatic hydroxyl groups excluding tert-OH is 1. The van der Waals surface area contributed by atoms with E-state index in [0.717, 1.165) is 28.1 Å². The molecule has 3 nitrogen and oxygen atoms in total. The van der Waals surface area contributed by atoms with Crippen LogP contribution in [0.2, 0.25) is 0 Å². The van der Waals surface area contributed by atoms with Crippen molar-refractivity contribution in [2.24, 2.45) is 0 Å². The molecule has 2 aromatic rings. The fourth-order valence-corrected chi connectivity index (χ4v) is 2.19. The van der Waals surface area contributed by atoms with E-state index in [-0.39, 0.29) is 0 Å². The molecule has 19 heavy (non-hydrogen) atoms. The van der Waals surface area contributed by atoms with E-state index in [1.807, 2.05) is 44.2 Å². The van der Waals surface area contributed by atoms with Gasteiger partial charge in [0.1, 0.15) is 11.9 Å². The van der Waals surface area contributed by atoms with E-state index in [0.29, 0.717) is 6.42 Å². The van der Waals surface area contributed by atoms with Gasteiger partial charge in [0, 0.05) is 12.6 Å². The van der Waals surface area contributed by atoms with Crippen LogP contribution in [0.3, 0.4) is 0 Å². The van der Waals surface area contributed by atoms with E-state index >= 15 is 0 Å². The van der Waals surface area contributed by atoms with Crippen LogP contribution in [-0.4, -0.2) is 17.2 Å². The molecule has 1 heterocycles. The Labute approximate surface area is 113 Å². The summed E-state index contributed by atoms with van der Waals surface area (Å²) in [6.07, 6.45) is 1.73. The Bertz CT molecular complexity index is 566. The number of aromatic nitrogens is 1. The Hall–Kier alpha value is -1.87. The molecule has 0 radical (unpaired) electrons. The standard InChI is InChI=1S/C16H19NO2/c1-11-7-12(2)16(17-10-11)15(18)9-13-5-4-6-14(8-13)19-3/h4-8,10,15,18H,9H2,1-3H3. The quantitative estimate of drug-likeness (QED) is 0.915. The van der Waals surface area contributed by atoms with E-state index in [2.05, 4.69) is 4.98 Å². The molecule has 0 amide bonds. The van der Waals surface area contributed by atoms with E-state index in [1.54, 1.807) is 13.3 Å². The summed E-state index contributed by atoms with van der Waals surface area (Å²) in [5.74, 6) is 0.804. The van der Waals surface area contributed by atoms with Crippen LogP contribution in [0.4, 0.5) is 0 Å². The molecule has 0 spiro atoms. The fourth-order valence-electron chi connectivity index (χ4n) is 2.19. The molecule has 0 bridgehead atoms. The number of hydrogen-bond donors (Lipinski definition) is 1. The number of methoxy groups -OCH3 is 1. The van der Waals surface area contributed by atoms with Gasteiger partial charge in [-0.05, 0) is 42.7 Å². The third kappa shape index (κ3) is 3.32. The third-order valence-corrected chi connectivity index (χ3v) is 3.13. The minimum atomic E-state index is -0.590. The number of benzene rings is 1. The van der Waals surface area contributed by atoms with Gasteiger partial charge in [-0.1, -0.05) is 18.2 Å². The van der Waals surface area contributed by atoms with Crippen LogP contribution in [-0.2, 0) is 6.42 Å². The molecule has 1 atom stereocenters. The molecule has 2 rings (SSSR count). The van der Waals surface area contributed by atoms with E-state index in [9.17, 15) is 5.11 Å². The molecule has 1 unspecified atom stereocenters. The van der Waals surface area contributed by atoms with Gasteiger partial charge in [0.2, 0.25) is 0 Å². The first-order chi connectivity index (χ1) is 9.10. The van der Waals surface area contributed by atoms with Crippen molar-refractivity contribution in [2.75, 3.05) is 7.11 Å². The average molecular weight is 257 g/mol. The Morgan fingerprint density at radius 1 is 1.26 bits per heavy atom. The molecule has 0 saturated heterocycles. The van der Waals surface area contributed by atoms with Crippen molar-refractivity contribution in [3.63, 3.8) is 0 Å². The van der Waals surface area contributed by atoms with Crippen molar-refractivity contribution in [1.82, 2.24) is 4.98 Å². The first-order valence-corrected chi connectivity index (χ1v) is 6.34. The van der Waals surface area contributed by atoms with Gasteiger partial charge in [-0.15, -0.1) is 0 Å². The highest BCUT2D eigenvalue weighted by molar-refractivity contribution is 5.31. The zero-order chi connectivity index (χ0) is 13.8. The van der Waals surface area contributed by atoms with E-state index in [4.69, 9.17) is 4.74 Å². The molecule has 1 aromatic carbocycles. The molecule has 0 aliphatic carbocycles. The lowest BCUT2D eigenvalue weighted by atomic mass is 10.0. The van der Waals surface area contributed by atoms with E-state index in [1.165, 1.54) is 0 Å². The van der Waals surface area contributed by atoms with Crippen LogP contribution in [0, 0.1) is 13.8 Å². The summed E-state index contributed by atoms with van der Waals surface area (Å²) in [6.45, 7) is 3.97. The summed E-state index contributed by atoms with van der Waals surface area (Å²) >= 11 is 0. The summed E-state index contributed by atoms with van der Waals surface area (Å²) in [4.78, 5) is 4.34. The van der Waals surface area contributed by atoms with Crippen molar-refractivity contribution in [3.05, 3.63) is 58.9 Å². The van der Waals surface area contributed by atoms with Crippen molar-refractivity contribution in [1.29, 1.82) is 0 Å². The van der Waals surface area contributed by atoms with Gasteiger partial charge in [-0.3, -0.25) is 4.98 Å². The lowest BCUT2D eigenvalue weighted by molar-refractivity contribution is 0.172. The Morgan fingerprint density at radius 2 is 2.05 bits per heavy atom. The normalized spacial score (nSPS) is 12.2. The maximum atomic E-state index is 10.3. The zero-order valence-corrected chi connectivity index (χ0v) is 11.6. The zero-order valence-electron chi connectivity index (χ0n) is 11.6. The van der Waals surface area contributed by atoms with Crippen molar-refractivity contribution >= 4 is 0 Å². The van der Waals surface area contributed by atoms with Crippen LogP contribution >= 0.6 is 0 Å². The summed E-state index contributed by atoms with van der Waals surface area (Å²) in [5.41, 5.74) is 3.91. The van der Waals surface area contributed by atoms with Gasteiger partial charge in [-0.25, -0.2) is 0 Å². The number of aliphatic hydroxyl groups is 1. The van der Waals surface area contributed by atoms with Crippen LogP contribution in [0.5, 0.6) is 5.75 Å². The predicted octanol–water partition coefficient (Wildman–Crippen LogP) is 2.98. The molecule has 1 aromatic heterocycles. The van der Waals surface area contributed by atoms with Gasteiger partial charge in [-0.2, -0.15) is 0 Å². The van der Waals surface area contributed by atoms with E-state index < -0.39 is 6.10 Å². The predicted molar refractivity (Wildman–Crippen MR) is 75.4 cm³/mol. The second-order valence-corrected chi connectivity index (χ2v) is 4.79. The minimum Gasteiger partial charge on any atom is -0.497 e. The molecule has 3 heteroatoms. The topological polar surface area (TPSA) is 42.4 Å². The smallest absolute Gasteiger partial charge is 0.119 e. The number of rotatable bonds is 4. The van der Waals surface area contributed by atoms with Gasteiger partial charge < -0.3 is 9.84 Å². The molecule has 0 aliphatic heterocycles. The van der Waals surface area contributed by atoms with Gasteiger partial charge in [0.15, 0.2) is 0 Å². The first kappa shape index (κ1) is 13.6. The van der Waals surface area contributed by atoms with Gasteiger partial charge >= 0.3 is 0 Å². The molecule has 1 N–H and O–H groups in total. The SMILES string of the molecule is COc1cccc(CC(O)c2ncc(C)cc2C)c1. The highest BCUT2D eigenvalue weighted by atomic mass is 16.5. The lowest BCUT2D eigenvalue weighted by Crippen LogP contribution is -2.06. The number of pyridine rings is 1. The minimum absolute atomic E-state index is 0.536.